The van der Waals surface area contributed by atoms with Crippen LogP contribution in [0.2, 0.25) is 5.02 Å². The zero-order valence-electron chi connectivity index (χ0n) is 11.5. The van der Waals surface area contributed by atoms with E-state index in [9.17, 15) is 8.42 Å². The molecule has 21 heavy (non-hydrogen) atoms. The predicted molar refractivity (Wildman–Crippen MR) is 81.8 cm³/mol. The molecule has 0 bridgehead atoms. The van der Waals surface area contributed by atoms with Crippen LogP contribution in [-0.2, 0) is 10.0 Å². The Kier molecular flexibility index (Phi) is 4.59. The first-order chi connectivity index (χ1) is 9.97. The summed E-state index contributed by atoms with van der Waals surface area (Å²) in [5, 5.41) is 0.331. The largest absolute Gasteiger partial charge is 0.495 e. The van der Waals surface area contributed by atoms with Gasteiger partial charge in [0.25, 0.3) is 10.0 Å². The Bertz CT molecular complexity index is 732. The van der Waals surface area contributed by atoms with Crippen LogP contribution in [0.25, 0.3) is 0 Å². The average Bonchev–Trinajstić information content (AvgIpc) is 2.49. The Hall–Kier alpha value is -1.92. The van der Waals surface area contributed by atoms with E-state index < -0.39 is 10.0 Å². The number of rotatable bonds is 5. The third kappa shape index (κ3) is 3.40. The van der Waals surface area contributed by atoms with Crippen LogP contribution >= 0.6 is 11.6 Å². The Labute approximate surface area is 128 Å². The Morgan fingerprint density at radius 3 is 2.19 bits per heavy atom. The molecule has 7 heteroatoms. The van der Waals surface area contributed by atoms with Gasteiger partial charge in [0.1, 0.15) is 11.5 Å². The third-order valence-electron chi connectivity index (χ3n) is 2.77. The Morgan fingerprint density at radius 1 is 1.00 bits per heavy atom. The molecule has 0 aliphatic rings. The average molecular weight is 328 g/mol. The monoisotopic (exact) mass is 327 g/mol. The highest BCUT2D eigenvalue weighted by Gasteiger charge is 2.18. The van der Waals surface area contributed by atoms with E-state index in [1.165, 1.54) is 38.5 Å². The third-order valence-corrected chi connectivity index (χ3v) is 4.45. The molecule has 2 aromatic rings. The fourth-order valence-electron chi connectivity index (χ4n) is 1.74. The van der Waals surface area contributed by atoms with Crippen LogP contribution in [0.15, 0.2) is 47.4 Å². The highest BCUT2D eigenvalue weighted by atomic mass is 35.5. The maximum atomic E-state index is 12.3. The quantitative estimate of drug-likeness (QED) is 0.916. The number of halogens is 1. The Balaban J connectivity index is 2.43. The molecule has 1 N–H and O–H groups in total. The van der Waals surface area contributed by atoms with Gasteiger partial charge in [-0.05, 0) is 12.1 Å². The standard InChI is InChI=1S/C14H14ClNO4S/c1-19-13-9-12(14(20-2)8-11(13)15)16-21(17,18)10-6-4-3-5-7-10/h3-9,16H,1-2H3. The molecule has 2 rings (SSSR count). The van der Waals surface area contributed by atoms with E-state index in [2.05, 4.69) is 4.72 Å². The van der Waals surface area contributed by atoms with E-state index >= 15 is 0 Å². The van der Waals surface area contributed by atoms with Gasteiger partial charge < -0.3 is 9.47 Å². The number of hydrogen-bond donors (Lipinski definition) is 1. The fraction of sp³-hybridized carbons (Fsp3) is 0.143. The smallest absolute Gasteiger partial charge is 0.262 e. The van der Waals surface area contributed by atoms with E-state index in [4.69, 9.17) is 21.1 Å². The van der Waals surface area contributed by atoms with Crippen molar-refractivity contribution in [3.05, 3.63) is 47.5 Å². The molecule has 0 aliphatic carbocycles. The first-order valence-electron chi connectivity index (χ1n) is 5.97. The van der Waals surface area contributed by atoms with Gasteiger partial charge in [-0.2, -0.15) is 0 Å². The van der Waals surface area contributed by atoms with Gasteiger partial charge in [0.15, 0.2) is 0 Å². The van der Waals surface area contributed by atoms with Crippen LogP contribution in [-0.4, -0.2) is 22.6 Å². The highest BCUT2D eigenvalue weighted by molar-refractivity contribution is 7.92. The molecule has 0 heterocycles. The van der Waals surface area contributed by atoms with Crippen molar-refractivity contribution in [3.8, 4) is 11.5 Å². The number of anilines is 1. The molecule has 0 fully saturated rings. The number of hydrogen-bond acceptors (Lipinski definition) is 4. The van der Waals surface area contributed by atoms with Crippen molar-refractivity contribution < 1.29 is 17.9 Å². The summed E-state index contributed by atoms with van der Waals surface area (Å²) in [6, 6.07) is 11.0. The molecule has 2 aromatic carbocycles. The molecule has 0 radical (unpaired) electrons. The van der Waals surface area contributed by atoms with Gasteiger partial charge in [0.2, 0.25) is 0 Å². The van der Waals surface area contributed by atoms with Crippen molar-refractivity contribution in [2.24, 2.45) is 0 Å². The van der Waals surface area contributed by atoms with Gasteiger partial charge in [0, 0.05) is 12.1 Å². The zero-order valence-corrected chi connectivity index (χ0v) is 13.0. The molecule has 0 amide bonds. The van der Waals surface area contributed by atoms with Crippen LogP contribution in [0.3, 0.4) is 0 Å². The van der Waals surface area contributed by atoms with Crippen molar-refractivity contribution >= 4 is 27.3 Å². The number of sulfonamides is 1. The predicted octanol–water partition coefficient (Wildman–Crippen LogP) is 3.16. The van der Waals surface area contributed by atoms with Crippen molar-refractivity contribution in [1.82, 2.24) is 0 Å². The van der Waals surface area contributed by atoms with Gasteiger partial charge in [-0.1, -0.05) is 29.8 Å². The van der Waals surface area contributed by atoms with Crippen molar-refractivity contribution in [2.45, 2.75) is 4.90 Å². The number of ether oxygens (including phenoxy) is 2. The lowest BCUT2D eigenvalue weighted by molar-refractivity contribution is 0.405. The zero-order chi connectivity index (χ0) is 15.5. The summed E-state index contributed by atoms with van der Waals surface area (Å²) < 4.78 is 37.3. The molecule has 0 spiro atoms. The maximum absolute atomic E-state index is 12.3. The molecular weight excluding hydrogens is 314 g/mol. The molecular formula is C14H14ClNO4S. The number of methoxy groups -OCH3 is 2. The fourth-order valence-corrected chi connectivity index (χ4v) is 3.06. The molecule has 0 unspecified atom stereocenters. The molecule has 5 nitrogen and oxygen atoms in total. The minimum Gasteiger partial charge on any atom is -0.495 e. The van der Waals surface area contributed by atoms with E-state index in [0.717, 1.165) is 0 Å². The van der Waals surface area contributed by atoms with E-state index in [1.807, 2.05) is 0 Å². The summed E-state index contributed by atoms with van der Waals surface area (Å²) in [7, 11) is -0.836. The Morgan fingerprint density at radius 2 is 1.62 bits per heavy atom. The van der Waals surface area contributed by atoms with Crippen LogP contribution in [0.1, 0.15) is 0 Å². The normalized spacial score (nSPS) is 11.0. The van der Waals surface area contributed by atoms with Gasteiger partial charge in [-0.15, -0.1) is 0 Å². The van der Waals surface area contributed by atoms with Gasteiger partial charge in [0.05, 0.1) is 29.8 Å². The van der Waals surface area contributed by atoms with Gasteiger partial charge in [-0.3, -0.25) is 4.72 Å². The summed E-state index contributed by atoms with van der Waals surface area (Å²) in [6.07, 6.45) is 0. The lowest BCUT2D eigenvalue weighted by Gasteiger charge is -2.14. The molecule has 0 saturated carbocycles. The lowest BCUT2D eigenvalue weighted by atomic mass is 10.3. The SMILES string of the molecule is COc1cc(NS(=O)(=O)c2ccccc2)c(OC)cc1Cl. The van der Waals surface area contributed by atoms with Crippen molar-refractivity contribution in [1.29, 1.82) is 0 Å². The van der Waals surface area contributed by atoms with Gasteiger partial charge in [-0.25, -0.2) is 8.42 Å². The second-order valence-electron chi connectivity index (χ2n) is 4.11. The number of nitrogens with one attached hydrogen (secondary N) is 1. The van der Waals surface area contributed by atoms with Gasteiger partial charge >= 0.3 is 0 Å². The summed E-state index contributed by atoms with van der Waals surface area (Å²) >= 11 is 5.99. The van der Waals surface area contributed by atoms with Crippen molar-refractivity contribution in [3.63, 3.8) is 0 Å². The molecule has 0 aromatic heterocycles. The van der Waals surface area contributed by atoms with Crippen LogP contribution in [0, 0.1) is 0 Å². The van der Waals surface area contributed by atoms with Crippen LogP contribution in [0.5, 0.6) is 11.5 Å². The first kappa shape index (κ1) is 15.5. The highest BCUT2D eigenvalue weighted by Crippen LogP contribution is 2.36. The number of benzene rings is 2. The van der Waals surface area contributed by atoms with Crippen LogP contribution in [0.4, 0.5) is 5.69 Å². The second-order valence-corrected chi connectivity index (χ2v) is 6.20. The topological polar surface area (TPSA) is 64.6 Å². The van der Waals surface area contributed by atoms with Crippen molar-refractivity contribution in [2.75, 3.05) is 18.9 Å². The second kappa shape index (κ2) is 6.24. The summed E-state index contributed by atoms with van der Waals surface area (Å²) in [6.45, 7) is 0. The molecule has 112 valence electrons. The van der Waals surface area contributed by atoms with Crippen LogP contribution < -0.4 is 14.2 Å². The van der Waals surface area contributed by atoms with E-state index in [1.54, 1.807) is 18.2 Å². The maximum Gasteiger partial charge on any atom is 0.262 e. The molecule has 0 atom stereocenters. The van der Waals surface area contributed by atoms with E-state index in [-0.39, 0.29) is 10.6 Å². The lowest BCUT2D eigenvalue weighted by Crippen LogP contribution is -2.13. The molecule has 0 saturated heterocycles. The minimum absolute atomic E-state index is 0.154. The van der Waals surface area contributed by atoms with E-state index in [0.29, 0.717) is 16.5 Å². The summed E-state index contributed by atoms with van der Waals surface area (Å²) in [5.41, 5.74) is 0.252. The summed E-state index contributed by atoms with van der Waals surface area (Å²) in [5.74, 6) is 0.656. The summed E-state index contributed by atoms with van der Waals surface area (Å²) in [4.78, 5) is 0.154. The minimum atomic E-state index is -3.71. The molecule has 0 aliphatic heterocycles. The first-order valence-corrected chi connectivity index (χ1v) is 7.83.